The Kier molecular flexibility index (Phi) is 6.05. The normalized spacial score (nSPS) is 10.8. The van der Waals surface area contributed by atoms with Gasteiger partial charge in [-0.3, -0.25) is 14.7 Å². The summed E-state index contributed by atoms with van der Waals surface area (Å²) >= 11 is 2.65. The topological polar surface area (TPSA) is 106 Å². The van der Waals surface area contributed by atoms with E-state index in [1.54, 1.807) is 24.3 Å². The fourth-order valence-electron chi connectivity index (χ4n) is 2.70. The SMILES string of the molecule is CCc1nnc(NC(=O)CSc2nnc(-c3ccc(O)cc3)n2-c2ccccc2)s1. The second-order valence-corrected chi connectivity index (χ2v) is 8.22. The lowest BCUT2D eigenvalue weighted by Crippen LogP contribution is -2.14. The van der Waals surface area contributed by atoms with Crippen molar-refractivity contribution in [2.24, 2.45) is 0 Å². The number of thioether (sulfide) groups is 1. The summed E-state index contributed by atoms with van der Waals surface area (Å²) in [5, 5.41) is 30.9. The summed E-state index contributed by atoms with van der Waals surface area (Å²) in [6.07, 6.45) is 0.780. The largest absolute Gasteiger partial charge is 0.508 e. The molecule has 1 amide bonds. The van der Waals surface area contributed by atoms with Gasteiger partial charge in [0.2, 0.25) is 11.0 Å². The van der Waals surface area contributed by atoms with Gasteiger partial charge < -0.3 is 5.11 Å². The first-order chi connectivity index (χ1) is 14.6. The first kappa shape index (κ1) is 20.0. The monoisotopic (exact) mass is 438 g/mol. The Balaban J connectivity index is 1.57. The van der Waals surface area contributed by atoms with E-state index >= 15 is 0 Å². The lowest BCUT2D eigenvalue weighted by atomic mass is 10.2. The molecule has 0 aliphatic heterocycles. The van der Waals surface area contributed by atoms with Gasteiger partial charge >= 0.3 is 0 Å². The van der Waals surface area contributed by atoms with Crippen LogP contribution in [0.3, 0.4) is 0 Å². The second-order valence-electron chi connectivity index (χ2n) is 6.22. The van der Waals surface area contributed by atoms with E-state index in [0.29, 0.717) is 16.1 Å². The summed E-state index contributed by atoms with van der Waals surface area (Å²) in [5.74, 6) is 0.772. The van der Waals surface area contributed by atoms with Gasteiger partial charge in [-0.05, 0) is 42.8 Å². The van der Waals surface area contributed by atoms with Crippen LogP contribution >= 0.6 is 23.1 Å². The average molecular weight is 439 g/mol. The molecule has 0 bridgehead atoms. The number of benzene rings is 2. The lowest BCUT2D eigenvalue weighted by Gasteiger charge is -2.10. The van der Waals surface area contributed by atoms with E-state index in [9.17, 15) is 9.90 Å². The van der Waals surface area contributed by atoms with Gasteiger partial charge in [-0.1, -0.05) is 48.2 Å². The first-order valence-electron chi connectivity index (χ1n) is 9.19. The van der Waals surface area contributed by atoms with Crippen molar-refractivity contribution in [2.45, 2.75) is 18.5 Å². The van der Waals surface area contributed by atoms with Gasteiger partial charge in [-0.2, -0.15) is 0 Å². The van der Waals surface area contributed by atoms with Crippen LogP contribution in [0.5, 0.6) is 5.75 Å². The molecule has 10 heteroatoms. The quantitative estimate of drug-likeness (QED) is 0.423. The zero-order valence-corrected chi connectivity index (χ0v) is 17.7. The van der Waals surface area contributed by atoms with E-state index in [-0.39, 0.29) is 17.4 Å². The van der Waals surface area contributed by atoms with Gasteiger partial charge in [0.15, 0.2) is 11.0 Å². The third-order valence-electron chi connectivity index (χ3n) is 4.12. The molecular formula is C20H18N6O2S2. The Hall–Kier alpha value is -3.24. The molecule has 0 spiro atoms. The van der Waals surface area contributed by atoms with Gasteiger partial charge in [-0.15, -0.1) is 20.4 Å². The molecule has 2 aromatic heterocycles. The molecule has 0 saturated heterocycles. The standard InChI is InChI=1S/C20H18N6O2S2/c1-2-17-22-24-19(30-17)21-16(28)12-29-20-25-23-18(13-8-10-15(27)11-9-13)26(20)14-6-4-3-5-7-14/h3-11,27H,2,12H2,1H3,(H,21,24,28). The Labute approximate surface area is 181 Å². The number of hydrogen-bond acceptors (Lipinski definition) is 8. The number of hydrogen-bond donors (Lipinski definition) is 2. The Morgan fingerprint density at radius 2 is 1.83 bits per heavy atom. The molecule has 4 rings (SSSR count). The number of rotatable bonds is 7. The summed E-state index contributed by atoms with van der Waals surface area (Å²) in [5.41, 5.74) is 1.69. The molecule has 0 saturated carbocycles. The van der Waals surface area contributed by atoms with Crippen molar-refractivity contribution in [1.82, 2.24) is 25.0 Å². The minimum atomic E-state index is -0.187. The highest BCUT2D eigenvalue weighted by Crippen LogP contribution is 2.29. The first-order valence-corrected chi connectivity index (χ1v) is 11.0. The molecule has 4 aromatic rings. The van der Waals surface area contributed by atoms with Crippen molar-refractivity contribution >= 4 is 34.1 Å². The van der Waals surface area contributed by atoms with Crippen LogP contribution in [0.15, 0.2) is 59.8 Å². The van der Waals surface area contributed by atoms with Crippen LogP contribution in [-0.4, -0.2) is 41.7 Å². The van der Waals surface area contributed by atoms with Crippen molar-refractivity contribution in [3.63, 3.8) is 0 Å². The molecule has 0 unspecified atom stereocenters. The van der Waals surface area contributed by atoms with E-state index in [1.165, 1.54) is 23.1 Å². The van der Waals surface area contributed by atoms with E-state index in [2.05, 4.69) is 25.7 Å². The number of amides is 1. The summed E-state index contributed by atoms with van der Waals surface area (Å²) in [6, 6.07) is 16.5. The molecule has 8 nitrogen and oxygen atoms in total. The highest BCUT2D eigenvalue weighted by Gasteiger charge is 2.18. The summed E-state index contributed by atoms with van der Waals surface area (Å²) < 4.78 is 1.89. The molecule has 2 aromatic carbocycles. The van der Waals surface area contributed by atoms with Crippen LogP contribution < -0.4 is 5.32 Å². The van der Waals surface area contributed by atoms with E-state index in [0.717, 1.165) is 22.7 Å². The molecule has 0 fully saturated rings. The molecule has 2 N–H and O–H groups in total. The second kappa shape index (κ2) is 9.06. The smallest absolute Gasteiger partial charge is 0.236 e. The summed E-state index contributed by atoms with van der Waals surface area (Å²) in [7, 11) is 0. The number of para-hydroxylation sites is 1. The number of aromatic hydroxyl groups is 1. The maximum atomic E-state index is 12.4. The maximum absolute atomic E-state index is 12.4. The van der Waals surface area contributed by atoms with Gasteiger partial charge in [-0.25, -0.2) is 0 Å². The predicted octanol–water partition coefficient (Wildman–Crippen LogP) is 3.78. The van der Waals surface area contributed by atoms with Gasteiger partial charge in [0.25, 0.3) is 0 Å². The van der Waals surface area contributed by atoms with Crippen molar-refractivity contribution in [3.8, 4) is 22.8 Å². The number of aromatic nitrogens is 5. The summed E-state index contributed by atoms with van der Waals surface area (Å²) in [6.45, 7) is 1.99. The number of carbonyl (C=O) groups excluding carboxylic acids is 1. The third-order valence-corrected chi connectivity index (χ3v) is 6.03. The highest BCUT2D eigenvalue weighted by molar-refractivity contribution is 7.99. The van der Waals surface area contributed by atoms with Crippen LogP contribution in [0.25, 0.3) is 17.1 Å². The number of nitrogens with one attached hydrogen (secondary N) is 1. The molecule has 152 valence electrons. The zero-order valence-electron chi connectivity index (χ0n) is 16.0. The fourth-order valence-corrected chi connectivity index (χ4v) is 4.15. The number of carbonyl (C=O) groups is 1. The van der Waals surface area contributed by atoms with Crippen molar-refractivity contribution < 1.29 is 9.90 Å². The van der Waals surface area contributed by atoms with Crippen LogP contribution in [0.2, 0.25) is 0 Å². The highest BCUT2D eigenvalue weighted by atomic mass is 32.2. The Morgan fingerprint density at radius 3 is 2.53 bits per heavy atom. The molecular weight excluding hydrogens is 420 g/mol. The Morgan fingerprint density at radius 1 is 1.07 bits per heavy atom. The van der Waals surface area contributed by atoms with Crippen LogP contribution in [0.4, 0.5) is 5.13 Å². The number of anilines is 1. The van der Waals surface area contributed by atoms with Crippen LogP contribution in [0, 0.1) is 0 Å². The van der Waals surface area contributed by atoms with E-state index in [1.807, 2.05) is 41.8 Å². The van der Waals surface area contributed by atoms with Gasteiger partial charge in [0, 0.05) is 11.3 Å². The fraction of sp³-hybridized carbons (Fsp3) is 0.150. The molecule has 0 aliphatic carbocycles. The van der Waals surface area contributed by atoms with Crippen molar-refractivity contribution in [3.05, 3.63) is 59.6 Å². The molecule has 0 atom stereocenters. The Bertz CT molecular complexity index is 1140. The van der Waals surface area contributed by atoms with Crippen molar-refractivity contribution in [1.29, 1.82) is 0 Å². The molecule has 30 heavy (non-hydrogen) atoms. The zero-order chi connectivity index (χ0) is 20.9. The minimum Gasteiger partial charge on any atom is -0.508 e. The van der Waals surface area contributed by atoms with Crippen LogP contribution in [0.1, 0.15) is 11.9 Å². The molecule has 0 radical (unpaired) electrons. The lowest BCUT2D eigenvalue weighted by molar-refractivity contribution is -0.113. The van der Waals surface area contributed by atoms with E-state index in [4.69, 9.17) is 0 Å². The van der Waals surface area contributed by atoms with Gasteiger partial charge in [0.05, 0.1) is 5.75 Å². The third kappa shape index (κ3) is 4.50. The number of aryl methyl sites for hydroxylation is 1. The maximum Gasteiger partial charge on any atom is 0.236 e. The molecule has 0 aliphatic rings. The number of phenolic OH excluding ortho intramolecular Hbond substituents is 1. The number of phenols is 1. The summed E-state index contributed by atoms with van der Waals surface area (Å²) in [4.78, 5) is 12.4. The average Bonchev–Trinajstić information content (AvgIpc) is 3.40. The minimum absolute atomic E-state index is 0.154. The van der Waals surface area contributed by atoms with Gasteiger partial charge in [0.1, 0.15) is 10.8 Å². The predicted molar refractivity (Wildman–Crippen MR) is 117 cm³/mol. The van der Waals surface area contributed by atoms with Crippen LogP contribution in [-0.2, 0) is 11.2 Å². The van der Waals surface area contributed by atoms with E-state index < -0.39 is 0 Å². The molecule has 2 heterocycles. The number of nitrogens with zero attached hydrogens (tertiary/aromatic N) is 5. The van der Waals surface area contributed by atoms with Crippen molar-refractivity contribution in [2.75, 3.05) is 11.1 Å².